The van der Waals surface area contributed by atoms with Crippen LogP contribution in [0.2, 0.25) is 0 Å². The second-order valence-corrected chi connectivity index (χ2v) is 8.15. The third-order valence-electron chi connectivity index (χ3n) is 6.01. The van der Waals surface area contributed by atoms with E-state index in [4.69, 9.17) is 4.74 Å². The van der Waals surface area contributed by atoms with Crippen LogP contribution in [0.5, 0.6) is 0 Å². The molecule has 158 valence electrons. The molecule has 2 saturated heterocycles. The van der Waals surface area contributed by atoms with Crippen LogP contribution < -0.4 is 0 Å². The normalized spacial score (nSPS) is 20.4. The molecule has 0 radical (unpaired) electrons. The van der Waals surface area contributed by atoms with Gasteiger partial charge in [0.15, 0.2) is 0 Å². The lowest BCUT2D eigenvalue weighted by Gasteiger charge is -2.37. The summed E-state index contributed by atoms with van der Waals surface area (Å²) in [5, 5.41) is 0. The van der Waals surface area contributed by atoms with E-state index in [9.17, 15) is 9.59 Å². The molecule has 30 heavy (non-hydrogen) atoms. The largest absolute Gasteiger partial charge is 0.373 e. The number of nitrogens with zero attached hydrogens (tertiary/aromatic N) is 3. The van der Waals surface area contributed by atoms with Crippen molar-refractivity contribution in [2.24, 2.45) is 5.92 Å². The van der Waals surface area contributed by atoms with Gasteiger partial charge < -0.3 is 14.5 Å². The molecule has 2 fully saturated rings. The van der Waals surface area contributed by atoms with E-state index in [0.29, 0.717) is 32.5 Å². The van der Waals surface area contributed by atoms with E-state index in [1.807, 2.05) is 41.3 Å². The number of benzene rings is 1. The topological polar surface area (TPSA) is 62.7 Å². The van der Waals surface area contributed by atoms with Crippen molar-refractivity contribution in [2.45, 2.75) is 44.9 Å². The number of hydrogen-bond donors (Lipinski definition) is 0. The SMILES string of the molecule is O=C1CC[C@H](C(=O)N2CCC(OCc3ccccc3)CC2)CN1Cc1ccccn1. The van der Waals surface area contributed by atoms with Gasteiger partial charge in [0.1, 0.15) is 0 Å². The Morgan fingerprint density at radius 3 is 2.53 bits per heavy atom. The summed E-state index contributed by atoms with van der Waals surface area (Å²) < 4.78 is 6.04. The zero-order chi connectivity index (χ0) is 20.8. The fraction of sp³-hybridized carbons (Fsp3) is 0.458. The quantitative estimate of drug-likeness (QED) is 0.738. The predicted molar refractivity (Wildman–Crippen MR) is 113 cm³/mol. The summed E-state index contributed by atoms with van der Waals surface area (Å²) >= 11 is 0. The Balaban J connectivity index is 1.25. The number of amides is 2. The Labute approximate surface area is 177 Å². The molecule has 1 aromatic carbocycles. The monoisotopic (exact) mass is 407 g/mol. The summed E-state index contributed by atoms with van der Waals surface area (Å²) in [7, 11) is 0. The maximum absolute atomic E-state index is 13.1. The first-order valence-electron chi connectivity index (χ1n) is 10.8. The number of ether oxygens (including phenoxy) is 1. The molecule has 0 aliphatic carbocycles. The summed E-state index contributed by atoms with van der Waals surface area (Å²) in [4.78, 5) is 33.5. The van der Waals surface area contributed by atoms with E-state index in [1.54, 1.807) is 11.1 Å². The summed E-state index contributed by atoms with van der Waals surface area (Å²) in [5.41, 5.74) is 2.03. The maximum Gasteiger partial charge on any atom is 0.227 e. The Kier molecular flexibility index (Phi) is 6.74. The van der Waals surface area contributed by atoms with E-state index in [2.05, 4.69) is 17.1 Å². The van der Waals surface area contributed by atoms with Crippen molar-refractivity contribution < 1.29 is 14.3 Å². The number of aromatic nitrogens is 1. The number of hydrogen-bond acceptors (Lipinski definition) is 4. The second kappa shape index (κ2) is 9.85. The lowest BCUT2D eigenvalue weighted by molar-refractivity contribution is -0.145. The van der Waals surface area contributed by atoms with Gasteiger partial charge in [0.25, 0.3) is 0 Å². The Hall–Kier alpha value is -2.73. The zero-order valence-electron chi connectivity index (χ0n) is 17.3. The summed E-state index contributed by atoms with van der Waals surface area (Å²) in [6, 6.07) is 15.9. The molecule has 1 atom stereocenters. The van der Waals surface area contributed by atoms with Gasteiger partial charge in [-0.1, -0.05) is 36.4 Å². The van der Waals surface area contributed by atoms with Gasteiger partial charge in [-0.05, 0) is 37.0 Å². The highest BCUT2D eigenvalue weighted by molar-refractivity contribution is 5.84. The summed E-state index contributed by atoms with van der Waals surface area (Å²) in [6.45, 7) is 3.02. The highest BCUT2D eigenvalue weighted by atomic mass is 16.5. The van der Waals surface area contributed by atoms with Crippen LogP contribution in [0.3, 0.4) is 0 Å². The highest BCUT2D eigenvalue weighted by Crippen LogP contribution is 2.24. The number of carbonyl (C=O) groups is 2. The van der Waals surface area contributed by atoms with E-state index in [0.717, 1.165) is 31.6 Å². The Morgan fingerprint density at radius 1 is 1.03 bits per heavy atom. The molecule has 0 saturated carbocycles. The second-order valence-electron chi connectivity index (χ2n) is 8.15. The fourth-order valence-electron chi connectivity index (χ4n) is 4.25. The third-order valence-corrected chi connectivity index (χ3v) is 6.01. The Morgan fingerprint density at radius 2 is 1.80 bits per heavy atom. The highest BCUT2D eigenvalue weighted by Gasteiger charge is 2.34. The van der Waals surface area contributed by atoms with Gasteiger partial charge in [0, 0.05) is 32.3 Å². The van der Waals surface area contributed by atoms with Crippen molar-refractivity contribution in [2.75, 3.05) is 19.6 Å². The molecule has 2 aromatic rings. The van der Waals surface area contributed by atoms with Crippen LogP contribution in [0.15, 0.2) is 54.7 Å². The third kappa shape index (κ3) is 5.25. The van der Waals surface area contributed by atoms with Crippen molar-refractivity contribution >= 4 is 11.8 Å². The molecule has 0 bridgehead atoms. The van der Waals surface area contributed by atoms with Gasteiger partial charge in [-0.2, -0.15) is 0 Å². The van der Waals surface area contributed by atoms with Crippen LogP contribution in [-0.4, -0.2) is 52.3 Å². The molecule has 0 spiro atoms. The van der Waals surface area contributed by atoms with Crippen molar-refractivity contribution in [1.82, 2.24) is 14.8 Å². The molecule has 4 rings (SSSR count). The van der Waals surface area contributed by atoms with Crippen molar-refractivity contribution in [3.63, 3.8) is 0 Å². The Bertz CT molecular complexity index is 835. The standard InChI is InChI=1S/C24H29N3O3/c28-23-10-9-20(16-27(23)17-21-8-4-5-13-25-21)24(29)26-14-11-22(12-15-26)30-18-19-6-2-1-3-7-19/h1-8,13,20,22H,9-12,14-18H2/t20-/m0/s1. The first kappa shape index (κ1) is 20.5. The molecule has 3 heterocycles. The van der Waals surface area contributed by atoms with Gasteiger partial charge in [-0.25, -0.2) is 0 Å². The van der Waals surface area contributed by atoms with Gasteiger partial charge in [-0.15, -0.1) is 0 Å². The molecule has 2 aliphatic rings. The number of pyridine rings is 1. The minimum atomic E-state index is -0.117. The van der Waals surface area contributed by atoms with E-state index in [-0.39, 0.29) is 23.8 Å². The molecular formula is C24H29N3O3. The minimum Gasteiger partial charge on any atom is -0.373 e. The van der Waals surface area contributed by atoms with Crippen LogP contribution in [0.4, 0.5) is 0 Å². The van der Waals surface area contributed by atoms with Crippen molar-refractivity contribution in [1.29, 1.82) is 0 Å². The molecule has 0 unspecified atom stereocenters. The minimum absolute atomic E-state index is 0.109. The average molecular weight is 408 g/mol. The van der Waals surface area contributed by atoms with E-state index >= 15 is 0 Å². The molecule has 2 amide bonds. The molecule has 1 aromatic heterocycles. The van der Waals surface area contributed by atoms with Crippen LogP contribution in [0, 0.1) is 5.92 Å². The van der Waals surface area contributed by atoms with Crippen LogP contribution in [-0.2, 0) is 27.5 Å². The fourth-order valence-corrected chi connectivity index (χ4v) is 4.25. The van der Waals surface area contributed by atoms with Crippen LogP contribution >= 0.6 is 0 Å². The zero-order valence-corrected chi connectivity index (χ0v) is 17.3. The molecular weight excluding hydrogens is 378 g/mol. The molecule has 0 N–H and O–H groups in total. The van der Waals surface area contributed by atoms with E-state index in [1.165, 1.54) is 5.56 Å². The molecule has 6 nitrogen and oxygen atoms in total. The van der Waals surface area contributed by atoms with Gasteiger partial charge in [0.05, 0.1) is 30.9 Å². The van der Waals surface area contributed by atoms with Gasteiger partial charge in [-0.3, -0.25) is 14.6 Å². The maximum atomic E-state index is 13.1. The lowest BCUT2D eigenvalue weighted by Crippen LogP contribution is -2.49. The molecule has 2 aliphatic heterocycles. The number of rotatable bonds is 6. The first-order chi connectivity index (χ1) is 14.7. The van der Waals surface area contributed by atoms with Gasteiger partial charge >= 0.3 is 0 Å². The predicted octanol–water partition coefficient (Wildman–Crippen LogP) is 3.03. The average Bonchev–Trinajstić information content (AvgIpc) is 2.80. The first-order valence-corrected chi connectivity index (χ1v) is 10.8. The van der Waals surface area contributed by atoms with Crippen molar-refractivity contribution in [3.05, 3.63) is 66.0 Å². The number of piperidine rings is 2. The summed E-state index contributed by atoms with van der Waals surface area (Å²) in [6.07, 6.45) is 4.73. The summed E-state index contributed by atoms with van der Waals surface area (Å²) in [5.74, 6) is 0.168. The number of likely N-dealkylation sites (tertiary alicyclic amines) is 2. The van der Waals surface area contributed by atoms with Crippen LogP contribution in [0.1, 0.15) is 36.9 Å². The smallest absolute Gasteiger partial charge is 0.227 e. The van der Waals surface area contributed by atoms with Crippen LogP contribution in [0.25, 0.3) is 0 Å². The van der Waals surface area contributed by atoms with E-state index < -0.39 is 0 Å². The molecule has 6 heteroatoms. The number of carbonyl (C=O) groups excluding carboxylic acids is 2. The van der Waals surface area contributed by atoms with Crippen molar-refractivity contribution in [3.8, 4) is 0 Å². The van der Waals surface area contributed by atoms with Gasteiger partial charge in [0.2, 0.25) is 11.8 Å². The lowest BCUT2D eigenvalue weighted by atomic mass is 9.94.